The van der Waals surface area contributed by atoms with Gasteiger partial charge in [0.2, 0.25) is 0 Å². The lowest BCUT2D eigenvalue weighted by Crippen LogP contribution is -1.99. The lowest BCUT2D eigenvalue weighted by atomic mass is 10.2. The molecule has 0 aliphatic heterocycles. The molecule has 0 amide bonds. The summed E-state index contributed by atoms with van der Waals surface area (Å²) in [5, 5.41) is 11.6. The number of hydrogen-bond donors (Lipinski definition) is 1. The fourth-order valence-electron chi connectivity index (χ4n) is 1.60. The molecule has 0 aliphatic carbocycles. The van der Waals surface area contributed by atoms with Crippen LogP contribution in [0, 0.1) is 23.0 Å². The number of rotatable bonds is 3. The Morgan fingerprint density at radius 1 is 1.15 bits per heavy atom. The van der Waals surface area contributed by atoms with Crippen LogP contribution in [0.15, 0.2) is 30.3 Å². The van der Waals surface area contributed by atoms with E-state index >= 15 is 0 Å². The number of nitrogens with zero attached hydrogens (tertiary/aromatic N) is 1. The topological polar surface area (TPSA) is 45.0 Å². The van der Waals surface area contributed by atoms with Crippen LogP contribution in [-0.4, -0.2) is 7.11 Å². The minimum atomic E-state index is -1.20. The fraction of sp³-hybridized carbons (Fsp3) is 0.0714. The van der Waals surface area contributed by atoms with Crippen molar-refractivity contribution in [2.75, 3.05) is 12.4 Å². The summed E-state index contributed by atoms with van der Waals surface area (Å²) in [6, 6.07) is 8.79. The van der Waals surface area contributed by atoms with Crippen molar-refractivity contribution >= 4 is 23.0 Å². The summed E-state index contributed by atoms with van der Waals surface area (Å²) in [6.07, 6.45) is 0. The number of halogens is 3. The van der Waals surface area contributed by atoms with Gasteiger partial charge >= 0.3 is 0 Å². The van der Waals surface area contributed by atoms with E-state index < -0.39 is 11.6 Å². The van der Waals surface area contributed by atoms with Crippen LogP contribution in [0.2, 0.25) is 5.02 Å². The highest BCUT2D eigenvalue weighted by atomic mass is 35.5. The van der Waals surface area contributed by atoms with Crippen molar-refractivity contribution in [2.24, 2.45) is 0 Å². The van der Waals surface area contributed by atoms with Crippen LogP contribution in [0.4, 0.5) is 20.2 Å². The molecule has 0 atom stereocenters. The van der Waals surface area contributed by atoms with Crippen LogP contribution in [0.25, 0.3) is 0 Å². The third kappa shape index (κ3) is 2.65. The molecule has 3 nitrogen and oxygen atoms in total. The van der Waals surface area contributed by atoms with Crippen molar-refractivity contribution in [1.82, 2.24) is 0 Å². The van der Waals surface area contributed by atoms with Crippen LogP contribution in [0.3, 0.4) is 0 Å². The lowest BCUT2D eigenvalue weighted by molar-refractivity contribution is 0.415. The Labute approximate surface area is 119 Å². The standard InChI is InChI=1S/C14H9ClF2N2O/c1-20-9-3-4-10(15)12(6-9)19-11-5-2-8(7-18)13(16)14(11)17/h2-6,19H,1H3. The third-order valence-corrected chi connectivity index (χ3v) is 2.98. The molecule has 2 aromatic carbocycles. The van der Waals surface area contributed by atoms with Gasteiger partial charge in [-0.3, -0.25) is 0 Å². The van der Waals surface area contributed by atoms with Gasteiger partial charge in [0, 0.05) is 6.07 Å². The van der Waals surface area contributed by atoms with Crippen LogP contribution < -0.4 is 10.1 Å². The van der Waals surface area contributed by atoms with E-state index in [0.29, 0.717) is 16.5 Å². The molecule has 2 aromatic rings. The number of ether oxygens (including phenoxy) is 1. The van der Waals surface area contributed by atoms with E-state index in [2.05, 4.69) is 5.32 Å². The number of benzene rings is 2. The second-order valence-electron chi connectivity index (χ2n) is 3.87. The van der Waals surface area contributed by atoms with Gasteiger partial charge in [0.05, 0.1) is 29.1 Å². The Bertz CT molecular complexity index is 698. The summed E-state index contributed by atoms with van der Waals surface area (Å²) >= 11 is 5.97. The second-order valence-corrected chi connectivity index (χ2v) is 4.28. The Morgan fingerprint density at radius 2 is 1.90 bits per heavy atom. The van der Waals surface area contributed by atoms with Crippen molar-refractivity contribution in [3.8, 4) is 11.8 Å². The van der Waals surface area contributed by atoms with Gasteiger partial charge in [0.15, 0.2) is 11.6 Å². The monoisotopic (exact) mass is 294 g/mol. The van der Waals surface area contributed by atoms with E-state index in [0.717, 1.165) is 0 Å². The lowest BCUT2D eigenvalue weighted by Gasteiger charge is -2.11. The molecule has 6 heteroatoms. The van der Waals surface area contributed by atoms with Crippen LogP contribution >= 0.6 is 11.6 Å². The first-order valence-corrected chi connectivity index (χ1v) is 5.93. The number of methoxy groups -OCH3 is 1. The number of hydrogen-bond acceptors (Lipinski definition) is 3. The summed E-state index contributed by atoms with van der Waals surface area (Å²) in [6.45, 7) is 0. The highest BCUT2D eigenvalue weighted by Crippen LogP contribution is 2.31. The summed E-state index contributed by atoms with van der Waals surface area (Å²) < 4.78 is 32.3. The van der Waals surface area contributed by atoms with E-state index in [4.69, 9.17) is 21.6 Å². The fourth-order valence-corrected chi connectivity index (χ4v) is 1.77. The van der Waals surface area contributed by atoms with Gasteiger partial charge in [-0.15, -0.1) is 0 Å². The highest BCUT2D eigenvalue weighted by molar-refractivity contribution is 6.33. The molecule has 20 heavy (non-hydrogen) atoms. The van der Waals surface area contributed by atoms with Crippen molar-refractivity contribution < 1.29 is 13.5 Å². The zero-order chi connectivity index (χ0) is 14.7. The summed E-state index contributed by atoms with van der Waals surface area (Å²) in [7, 11) is 1.48. The van der Waals surface area contributed by atoms with Crippen molar-refractivity contribution in [2.45, 2.75) is 0 Å². The molecule has 0 spiro atoms. The van der Waals surface area contributed by atoms with Gasteiger partial charge in [0.1, 0.15) is 11.8 Å². The Balaban J connectivity index is 2.41. The first kappa shape index (κ1) is 14.1. The van der Waals surface area contributed by atoms with E-state index in [1.807, 2.05) is 0 Å². The molecule has 2 rings (SSSR count). The van der Waals surface area contributed by atoms with Crippen LogP contribution in [-0.2, 0) is 0 Å². The minimum absolute atomic E-state index is 0.114. The third-order valence-electron chi connectivity index (χ3n) is 2.65. The second kappa shape index (κ2) is 5.76. The smallest absolute Gasteiger partial charge is 0.183 e. The molecule has 0 unspecified atom stereocenters. The Hall–Kier alpha value is -2.32. The van der Waals surface area contributed by atoms with Gasteiger partial charge in [-0.25, -0.2) is 8.78 Å². The zero-order valence-electron chi connectivity index (χ0n) is 10.4. The maximum atomic E-state index is 13.8. The molecular weight excluding hydrogens is 286 g/mol. The molecule has 102 valence electrons. The predicted molar refractivity (Wildman–Crippen MR) is 72.4 cm³/mol. The van der Waals surface area contributed by atoms with E-state index in [9.17, 15) is 8.78 Å². The van der Waals surface area contributed by atoms with Crippen LogP contribution in [0.5, 0.6) is 5.75 Å². The average Bonchev–Trinajstić information content (AvgIpc) is 2.46. The molecule has 0 saturated heterocycles. The largest absolute Gasteiger partial charge is 0.497 e. The van der Waals surface area contributed by atoms with E-state index in [-0.39, 0.29) is 11.3 Å². The molecular formula is C14H9ClF2N2O. The predicted octanol–water partition coefficient (Wildman–Crippen LogP) is 4.24. The van der Waals surface area contributed by atoms with Crippen molar-refractivity contribution in [3.63, 3.8) is 0 Å². The summed E-state index contributed by atoms with van der Waals surface area (Å²) in [4.78, 5) is 0. The van der Waals surface area contributed by atoms with Gasteiger partial charge in [-0.1, -0.05) is 11.6 Å². The maximum absolute atomic E-state index is 13.8. The van der Waals surface area contributed by atoms with Gasteiger partial charge in [0.25, 0.3) is 0 Å². The Kier molecular flexibility index (Phi) is 4.06. The van der Waals surface area contributed by atoms with Gasteiger partial charge in [-0.2, -0.15) is 5.26 Å². The highest BCUT2D eigenvalue weighted by Gasteiger charge is 2.14. The van der Waals surface area contributed by atoms with Gasteiger partial charge < -0.3 is 10.1 Å². The molecule has 0 heterocycles. The Morgan fingerprint density at radius 3 is 2.55 bits per heavy atom. The van der Waals surface area contributed by atoms with Gasteiger partial charge in [-0.05, 0) is 24.3 Å². The van der Waals surface area contributed by atoms with Crippen molar-refractivity contribution in [3.05, 3.63) is 52.6 Å². The van der Waals surface area contributed by atoms with Crippen molar-refractivity contribution in [1.29, 1.82) is 5.26 Å². The number of nitrogens with one attached hydrogen (secondary N) is 1. The molecule has 0 fully saturated rings. The maximum Gasteiger partial charge on any atom is 0.183 e. The first-order chi connectivity index (χ1) is 9.56. The normalized spacial score (nSPS) is 9.95. The molecule has 0 aromatic heterocycles. The van der Waals surface area contributed by atoms with E-state index in [1.165, 1.54) is 19.2 Å². The average molecular weight is 295 g/mol. The van der Waals surface area contributed by atoms with E-state index in [1.54, 1.807) is 24.3 Å². The zero-order valence-corrected chi connectivity index (χ0v) is 11.1. The summed E-state index contributed by atoms with van der Waals surface area (Å²) in [5.41, 5.74) is -0.101. The number of anilines is 2. The molecule has 0 bridgehead atoms. The quantitative estimate of drug-likeness (QED) is 0.921. The molecule has 0 radical (unpaired) electrons. The SMILES string of the molecule is COc1ccc(Cl)c(Nc2ccc(C#N)c(F)c2F)c1. The summed E-state index contributed by atoms with van der Waals surface area (Å²) in [5.74, 6) is -1.81. The minimum Gasteiger partial charge on any atom is -0.497 e. The molecule has 0 aliphatic rings. The molecule has 1 N–H and O–H groups in total. The van der Waals surface area contributed by atoms with Crippen LogP contribution in [0.1, 0.15) is 5.56 Å². The first-order valence-electron chi connectivity index (χ1n) is 5.55. The molecule has 0 saturated carbocycles. The number of nitriles is 1.